The van der Waals surface area contributed by atoms with E-state index in [-0.39, 0.29) is 3.57 Å². The average molecular weight is 358 g/mol. The molecule has 0 radical (unpaired) electrons. The van der Waals surface area contributed by atoms with E-state index in [1.807, 2.05) is 0 Å². The van der Waals surface area contributed by atoms with E-state index < -0.39 is 34.3 Å². The van der Waals surface area contributed by atoms with Gasteiger partial charge in [0.25, 0.3) is 6.43 Å². The second-order valence-electron chi connectivity index (χ2n) is 2.77. The lowest BCUT2D eigenvalue weighted by atomic mass is 10.1. The topological polar surface area (TPSA) is 82.3 Å². The van der Waals surface area contributed by atoms with Crippen molar-refractivity contribution in [2.45, 2.75) is 6.43 Å². The molecular formula is C8H5F2IN2O4. The number of aromatic nitrogens is 1. The molecule has 0 spiro atoms. The third kappa shape index (κ3) is 2.65. The predicted molar refractivity (Wildman–Crippen MR) is 59.9 cm³/mol. The highest BCUT2D eigenvalue weighted by Crippen LogP contribution is 2.32. The molecule has 0 aliphatic carbocycles. The maximum Gasteiger partial charge on any atom is 0.377 e. The van der Waals surface area contributed by atoms with Crippen molar-refractivity contribution < 1.29 is 23.2 Å². The second-order valence-corrected chi connectivity index (χ2v) is 3.85. The number of nitrogens with zero attached hydrogens (tertiary/aromatic N) is 2. The third-order valence-electron chi connectivity index (χ3n) is 1.84. The van der Waals surface area contributed by atoms with Crippen LogP contribution in [0.4, 0.5) is 14.6 Å². The Hall–Kier alpha value is -1.39. The maximum absolute atomic E-state index is 12.8. The summed E-state index contributed by atoms with van der Waals surface area (Å²) in [6.45, 7) is 0. The van der Waals surface area contributed by atoms with Crippen LogP contribution < -0.4 is 0 Å². The molecule has 6 nitrogen and oxygen atoms in total. The molecule has 17 heavy (non-hydrogen) atoms. The van der Waals surface area contributed by atoms with Crippen LogP contribution in [0.15, 0.2) is 6.20 Å². The number of carbonyl (C=O) groups excluding carboxylic acids is 1. The van der Waals surface area contributed by atoms with Gasteiger partial charge in [-0.2, -0.15) is 0 Å². The first-order valence-corrected chi connectivity index (χ1v) is 5.17. The van der Waals surface area contributed by atoms with Crippen molar-refractivity contribution in [1.82, 2.24) is 4.98 Å². The standard InChI is InChI=1S/C8H5F2IN2O4/c1-17-8(14)3-2-12-7(13(15)16)5(11)4(3)6(9)10/h2,6H,1H3. The Morgan fingerprint density at radius 3 is 2.65 bits per heavy atom. The fourth-order valence-corrected chi connectivity index (χ4v) is 1.97. The van der Waals surface area contributed by atoms with E-state index in [2.05, 4.69) is 9.72 Å². The van der Waals surface area contributed by atoms with Gasteiger partial charge in [0.2, 0.25) is 0 Å². The van der Waals surface area contributed by atoms with Gasteiger partial charge in [-0.1, -0.05) is 0 Å². The molecule has 9 heteroatoms. The highest BCUT2D eigenvalue weighted by Gasteiger charge is 2.30. The molecule has 0 aliphatic heterocycles. The summed E-state index contributed by atoms with van der Waals surface area (Å²) in [7, 11) is 1.02. The summed E-state index contributed by atoms with van der Waals surface area (Å²) in [6, 6.07) is 0. The van der Waals surface area contributed by atoms with Gasteiger partial charge in [0.15, 0.2) is 6.20 Å². The van der Waals surface area contributed by atoms with Gasteiger partial charge in [-0.25, -0.2) is 13.6 Å². The summed E-state index contributed by atoms with van der Waals surface area (Å²) in [5, 5.41) is 10.5. The van der Waals surface area contributed by atoms with Crippen molar-refractivity contribution in [3.8, 4) is 0 Å². The van der Waals surface area contributed by atoms with Crippen LogP contribution in [0.3, 0.4) is 0 Å². The maximum atomic E-state index is 12.8. The molecule has 0 saturated carbocycles. The first-order valence-electron chi connectivity index (χ1n) is 4.09. The molecule has 0 unspecified atom stereocenters. The van der Waals surface area contributed by atoms with E-state index >= 15 is 0 Å². The number of hydrogen-bond donors (Lipinski definition) is 0. The molecule has 0 fully saturated rings. The van der Waals surface area contributed by atoms with Crippen LogP contribution in [0, 0.1) is 13.7 Å². The Morgan fingerprint density at radius 2 is 2.24 bits per heavy atom. The highest BCUT2D eigenvalue weighted by atomic mass is 127. The SMILES string of the molecule is COC(=O)c1cnc([N+](=O)[O-])c(I)c1C(F)F. The zero-order chi connectivity index (χ0) is 13.2. The average Bonchev–Trinajstić information content (AvgIpc) is 2.26. The minimum atomic E-state index is -3.03. The van der Waals surface area contributed by atoms with Gasteiger partial charge in [0.05, 0.1) is 12.7 Å². The van der Waals surface area contributed by atoms with Gasteiger partial charge in [-0.05, 0) is 32.5 Å². The zero-order valence-corrected chi connectivity index (χ0v) is 10.5. The van der Waals surface area contributed by atoms with Crippen molar-refractivity contribution >= 4 is 34.4 Å². The van der Waals surface area contributed by atoms with Gasteiger partial charge in [-0.15, -0.1) is 0 Å². The van der Waals surface area contributed by atoms with Crippen LogP contribution in [-0.4, -0.2) is 23.0 Å². The molecule has 1 heterocycles. The number of rotatable bonds is 3. The summed E-state index contributed by atoms with van der Waals surface area (Å²) in [5.74, 6) is -1.73. The molecule has 0 atom stereocenters. The largest absolute Gasteiger partial charge is 0.465 e. The molecule has 0 aliphatic rings. The Kier molecular flexibility index (Phi) is 4.26. The van der Waals surface area contributed by atoms with Crippen LogP contribution in [-0.2, 0) is 4.74 Å². The monoisotopic (exact) mass is 358 g/mol. The van der Waals surface area contributed by atoms with Crippen LogP contribution in [0.1, 0.15) is 22.3 Å². The number of carbonyl (C=O) groups is 1. The van der Waals surface area contributed by atoms with Gasteiger partial charge in [-0.3, -0.25) is 0 Å². The highest BCUT2D eigenvalue weighted by molar-refractivity contribution is 14.1. The van der Waals surface area contributed by atoms with E-state index in [0.29, 0.717) is 6.20 Å². The third-order valence-corrected chi connectivity index (χ3v) is 2.90. The van der Waals surface area contributed by atoms with E-state index in [9.17, 15) is 23.7 Å². The van der Waals surface area contributed by atoms with E-state index in [4.69, 9.17) is 0 Å². The molecule has 0 bridgehead atoms. The van der Waals surface area contributed by atoms with Gasteiger partial charge in [0.1, 0.15) is 9.13 Å². The van der Waals surface area contributed by atoms with Crippen LogP contribution in [0.25, 0.3) is 0 Å². The normalized spacial score (nSPS) is 10.4. The van der Waals surface area contributed by atoms with Crippen LogP contribution in [0.2, 0.25) is 0 Å². The predicted octanol–water partition coefficient (Wildman–Crippen LogP) is 2.32. The number of halogens is 3. The Bertz CT molecular complexity index is 481. The molecule has 0 saturated heterocycles. The van der Waals surface area contributed by atoms with Gasteiger partial charge in [0, 0.05) is 0 Å². The molecular weight excluding hydrogens is 353 g/mol. The van der Waals surface area contributed by atoms with E-state index in [0.717, 1.165) is 7.11 Å². The first-order chi connectivity index (χ1) is 7.90. The smallest absolute Gasteiger partial charge is 0.377 e. The number of ether oxygens (including phenoxy) is 1. The Labute approximate surface area is 107 Å². The van der Waals surface area contributed by atoms with Crippen LogP contribution in [0.5, 0.6) is 0 Å². The summed E-state index contributed by atoms with van der Waals surface area (Å²) >= 11 is 1.35. The minimum Gasteiger partial charge on any atom is -0.465 e. The molecule has 1 aromatic rings. The summed E-state index contributed by atoms with van der Waals surface area (Å²) in [5.41, 5.74) is -1.21. The number of methoxy groups -OCH3 is 1. The molecule has 0 N–H and O–H groups in total. The van der Waals surface area contributed by atoms with Crippen molar-refractivity contribution in [1.29, 1.82) is 0 Å². The Balaban J connectivity index is 3.50. The second kappa shape index (κ2) is 5.29. The van der Waals surface area contributed by atoms with Crippen molar-refractivity contribution in [2.75, 3.05) is 7.11 Å². The summed E-state index contributed by atoms with van der Waals surface area (Å²) in [6.07, 6.45) is -2.31. The van der Waals surface area contributed by atoms with Crippen molar-refractivity contribution in [3.63, 3.8) is 0 Å². The van der Waals surface area contributed by atoms with E-state index in [1.54, 1.807) is 0 Å². The van der Waals surface area contributed by atoms with Gasteiger partial charge < -0.3 is 14.9 Å². The fourth-order valence-electron chi connectivity index (χ4n) is 1.10. The zero-order valence-electron chi connectivity index (χ0n) is 8.32. The lowest BCUT2D eigenvalue weighted by Gasteiger charge is -2.07. The number of alkyl halides is 2. The number of pyridine rings is 1. The van der Waals surface area contributed by atoms with E-state index in [1.165, 1.54) is 22.6 Å². The van der Waals surface area contributed by atoms with Gasteiger partial charge >= 0.3 is 11.8 Å². The Morgan fingerprint density at radius 1 is 1.65 bits per heavy atom. The number of hydrogen-bond acceptors (Lipinski definition) is 5. The lowest BCUT2D eigenvalue weighted by molar-refractivity contribution is -0.390. The van der Waals surface area contributed by atoms with Crippen molar-refractivity contribution in [2.24, 2.45) is 0 Å². The first kappa shape index (κ1) is 13.7. The minimum absolute atomic E-state index is 0.370. The molecule has 0 aromatic carbocycles. The lowest BCUT2D eigenvalue weighted by Crippen LogP contribution is -2.11. The summed E-state index contributed by atoms with van der Waals surface area (Å²) < 4.78 is 29.5. The number of esters is 1. The summed E-state index contributed by atoms with van der Waals surface area (Å²) in [4.78, 5) is 24.2. The molecule has 1 aromatic heterocycles. The van der Waals surface area contributed by atoms with Crippen molar-refractivity contribution in [3.05, 3.63) is 31.0 Å². The quantitative estimate of drug-likeness (QED) is 0.359. The molecule has 1 rings (SSSR count). The molecule has 0 amide bonds. The fraction of sp³-hybridized carbons (Fsp3) is 0.250. The number of nitro groups is 1. The molecule has 92 valence electrons. The van der Waals surface area contributed by atoms with Crippen LogP contribution >= 0.6 is 22.6 Å².